The first kappa shape index (κ1) is 22.0. The van der Waals surface area contributed by atoms with Crippen LogP contribution in [0.15, 0.2) is 54.6 Å². The Morgan fingerprint density at radius 3 is 2.11 bits per heavy atom. The van der Waals surface area contributed by atoms with E-state index in [9.17, 15) is 9.59 Å². The molecule has 3 N–H and O–H groups in total. The third-order valence-corrected chi connectivity index (χ3v) is 4.73. The highest BCUT2D eigenvalue weighted by Gasteiger charge is 2.23. The largest absolute Gasteiger partial charge is 0.488 e. The van der Waals surface area contributed by atoms with Crippen molar-refractivity contribution in [1.82, 2.24) is 5.32 Å². The second kappa shape index (κ2) is 9.73. The molecule has 2 atom stereocenters. The fourth-order valence-corrected chi connectivity index (χ4v) is 3.19. The molecule has 0 aliphatic heterocycles. The fraction of sp³-hybridized carbons (Fsp3) is 0.364. The van der Waals surface area contributed by atoms with Crippen LogP contribution in [-0.2, 0) is 22.4 Å². The van der Waals surface area contributed by atoms with Gasteiger partial charge in [-0.25, -0.2) is 0 Å². The van der Waals surface area contributed by atoms with Gasteiger partial charge in [0.05, 0.1) is 4.83 Å². The Morgan fingerprint density at radius 1 is 1.00 bits per heavy atom. The Balaban J connectivity index is 1.97. The van der Waals surface area contributed by atoms with Crippen molar-refractivity contribution in [3.63, 3.8) is 0 Å². The van der Waals surface area contributed by atoms with E-state index in [1.807, 2.05) is 75.4 Å². The predicted octanol–water partition coefficient (Wildman–Crippen LogP) is 3.38. The lowest BCUT2D eigenvalue weighted by Gasteiger charge is -2.22. The summed E-state index contributed by atoms with van der Waals surface area (Å²) in [4.78, 5) is 23.9. The topological polar surface area (TPSA) is 81.4 Å². The number of amides is 2. The van der Waals surface area contributed by atoms with Gasteiger partial charge in [0, 0.05) is 6.42 Å². The van der Waals surface area contributed by atoms with Gasteiger partial charge in [-0.1, -0.05) is 58.4 Å². The summed E-state index contributed by atoms with van der Waals surface area (Å²) in [5.41, 5.74) is 7.14. The average Bonchev–Trinajstić information content (AvgIpc) is 2.62. The van der Waals surface area contributed by atoms with Crippen LogP contribution >= 0.6 is 15.9 Å². The molecule has 0 aliphatic rings. The van der Waals surface area contributed by atoms with E-state index < -0.39 is 16.8 Å². The van der Waals surface area contributed by atoms with E-state index in [0.29, 0.717) is 12.8 Å². The molecule has 0 heterocycles. The highest BCUT2D eigenvalue weighted by Crippen LogP contribution is 2.19. The maximum Gasteiger partial charge on any atom is 0.240 e. The quantitative estimate of drug-likeness (QED) is 0.609. The van der Waals surface area contributed by atoms with Crippen molar-refractivity contribution in [2.24, 2.45) is 5.73 Å². The number of benzene rings is 2. The predicted molar refractivity (Wildman–Crippen MR) is 115 cm³/mol. The first-order valence-electron chi connectivity index (χ1n) is 9.20. The number of halogens is 1. The second-order valence-electron chi connectivity index (χ2n) is 7.68. The first-order chi connectivity index (χ1) is 13.1. The number of nitrogens with two attached hydrogens (primary N) is 1. The normalized spacial score (nSPS) is 13.4. The Kier molecular flexibility index (Phi) is 7.63. The average molecular weight is 447 g/mol. The molecule has 1 unspecified atom stereocenters. The number of ether oxygens (including phenoxy) is 1. The van der Waals surface area contributed by atoms with Crippen LogP contribution in [0.25, 0.3) is 0 Å². The molecule has 150 valence electrons. The SMILES string of the molecule is CC(C)(C)Oc1ccc(C[C@H](NC(=O)C(Br)Cc2ccccc2)C(N)=O)cc1. The van der Waals surface area contributed by atoms with Gasteiger partial charge in [-0.15, -0.1) is 0 Å². The molecule has 0 saturated carbocycles. The van der Waals surface area contributed by atoms with Crippen LogP contribution in [-0.4, -0.2) is 28.3 Å². The molecule has 0 bridgehead atoms. The standard InChI is InChI=1S/C22H27BrN2O3/c1-22(2,3)28-17-11-9-16(10-12-17)14-19(20(24)26)25-21(27)18(23)13-15-7-5-4-6-8-15/h4-12,18-19H,13-14H2,1-3H3,(H2,24,26)(H,25,27)/t18?,19-/m0/s1. The minimum Gasteiger partial charge on any atom is -0.488 e. The molecule has 2 aromatic carbocycles. The van der Waals surface area contributed by atoms with Gasteiger partial charge in [0.1, 0.15) is 17.4 Å². The third-order valence-electron chi connectivity index (χ3n) is 3.99. The zero-order chi connectivity index (χ0) is 20.7. The van der Waals surface area contributed by atoms with E-state index in [-0.39, 0.29) is 11.5 Å². The van der Waals surface area contributed by atoms with E-state index in [4.69, 9.17) is 10.5 Å². The van der Waals surface area contributed by atoms with Crippen molar-refractivity contribution in [1.29, 1.82) is 0 Å². The summed E-state index contributed by atoms with van der Waals surface area (Å²) in [6.45, 7) is 5.93. The Bertz CT molecular complexity index is 786. The maximum absolute atomic E-state index is 12.5. The van der Waals surface area contributed by atoms with Crippen molar-refractivity contribution in [3.8, 4) is 5.75 Å². The van der Waals surface area contributed by atoms with Crippen molar-refractivity contribution in [2.75, 3.05) is 0 Å². The Labute approximate surface area is 174 Å². The number of rotatable bonds is 8. The molecule has 6 heteroatoms. The summed E-state index contributed by atoms with van der Waals surface area (Å²) in [5, 5.41) is 2.75. The minimum absolute atomic E-state index is 0.264. The van der Waals surface area contributed by atoms with Crippen LogP contribution in [0.3, 0.4) is 0 Å². The van der Waals surface area contributed by atoms with E-state index in [0.717, 1.165) is 16.9 Å². The summed E-state index contributed by atoms with van der Waals surface area (Å²) in [5.74, 6) is -0.0811. The molecule has 2 amide bonds. The smallest absolute Gasteiger partial charge is 0.240 e. The van der Waals surface area contributed by atoms with Crippen molar-refractivity contribution in [2.45, 2.75) is 50.1 Å². The summed E-state index contributed by atoms with van der Waals surface area (Å²) < 4.78 is 5.79. The lowest BCUT2D eigenvalue weighted by Crippen LogP contribution is -2.48. The van der Waals surface area contributed by atoms with Gasteiger partial charge in [-0.3, -0.25) is 9.59 Å². The van der Waals surface area contributed by atoms with E-state index in [1.165, 1.54) is 0 Å². The molecule has 0 aliphatic carbocycles. The highest BCUT2D eigenvalue weighted by atomic mass is 79.9. The third kappa shape index (κ3) is 7.35. The summed E-state index contributed by atoms with van der Waals surface area (Å²) in [7, 11) is 0. The molecule has 28 heavy (non-hydrogen) atoms. The molecule has 0 fully saturated rings. The van der Waals surface area contributed by atoms with E-state index in [2.05, 4.69) is 21.2 Å². The lowest BCUT2D eigenvalue weighted by atomic mass is 10.0. The molecule has 0 saturated heterocycles. The zero-order valence-corrected chi connectivity index (χ0v) is 18.0. The molecule has 0 aromatic heterocycles. The number of carbonyl (C=O) groups excluding carboxylic acids is 2. The number of primary amides is 1. The van der Waals surface area contributed by atoms with Crippen LogP contribution in [0.5, 0.6) is 5.75 Å². The van der Waals surface area contributed by atoms with Crippen molar-refractivity contribution >= 4 is 27.7 Å². The Hall–Kier alpha value is -2.34. The van der Waals surface area contributed by atoms with Crippen LogP contribution in [0.2, 0.25) is 0 Å². The van der Waals surface area contributed by atoms with Gasteiger partial charge >= 0.3 is 0 Å². The first-order valence-corrected chi connectivity index (χ1v) is 10.1. The van der Waals surface area contributed by atoms with Gasteiger partial charge in [-0.05, 0) is 50.5 Å². The van der Waals surface area contributed by atoms with Crippen LogP contribution in [0, 0.1) is 0 Å². The summed E-state index contributed by atoms with van der Waals surface area (Å²) >= 11 is 3.40. The molecule has 2 aromatic rings. The number of alkyl halides is 1. The van der Waals surface area contributed by atoms with Gasteiger partial charge in [0.25, 0.3) is 0 Å². The second-order valence-corrected chi connectivity index (χ2v) is 8.79. The van der Waals surface area contributed by atoms with E-state index in [1.54, 1.807) is 0 Å². The van der Waals surface area contributed by atoms with E-state index >= 15 is 0 Å². The molecular formula is C22H27BrN2O3. The van der Waals surface area contributed by atoms with Crippen molar-refractivity contribution in [3.05, 3.63) is 65.7 Å². The Morgan fingerprint density at radius 2 is 1.57 bits per heavy atom. The van der Waals surface area contributed by atoms with Crippen LogP contribution in [0.1, 0.15) is 31.9 Å². The molecule has 2 rings (SSSR count). The lowest BCUT2D eigenvalue weighted by molar-refractivity contribution is -0.126. The highest BCUT2D eigenvalue weighted by molar-refractivity contribution is 9.10. The van der Waals surface area contributed by atoms with Crippen molar-refractivity contribution < 1.29 is 14.3 Å². The zero-order valence-electron chi connectivity index (χ0n) is 16.4. The summed E-state index contributed by atoms with van der Waals surface area (Å²) in [6, 6.07) is 16.3. The van der Waals surface area contributed by atoms with Gasteiger partial charge < -0.3 is 15.8 Å². The molecule has 0 radical (unpaired) electrons. The number of hydrogen-bond acceptors (Lipinski definition) is 3. The summed E-state index contributed by atoms with van der Waals surface area (Å²) in [6.07, 6.45) is 0.846. The number of hydrogen-bond donors (Lipinski definition) is 2. The van der Waals surface area contributed by atoms with Crippen LogP contribution < -0.4 is 15.8 Å². The molecular weight excluding hydrogens is 420 g/mol. The van der Waals surface area contributed by atoms with Crippen LogP contribution in [0.4, 0.5) is 0 Å². The molecule has 5 nitrogen and oxygen atoms in total. The minimum atomic E-state index is -0.780. The monoisotopic (exact) mass is 446 g/mol. The number of carbonyl (C=O) groups is 2. The van der Waals surface area contributed by atoms with Gasteiger partial charge in [0.2, 0.25) is 11.8 Å². The fourth-order valence-electron chi connectivity index (χ4n) is 2.68. The molecule has 0 spiro atoms. The van der Waals surface area contributed by atoms with Gasteiger partial charge in [-0.2, -0.15) is 0 Å². The number of nitrogens with one attached hydrogen (secondary N) is 1. The van der Waals surface area contributed by atoms with Gasteiger partial charge in [0.15, 0.2) is 0 Å². The maximum atomic E-state index is 12.5.